The average Bonchev–Trinajstić information content (AvgIpc) is 3.03. The summed E-state index contributed by atoms with van der Waals surface area (Å²) >= 11 is 1.37. The Bertz CT molecular complexity index is 878. The summed E-state index contributed by atoms with van der Waals surface area (Å²) in [6.07, 6.45) is 2.58. The average molecular weight is 353 g/mol. The maximum Gasteiger partial charge on any atom is 0.257 e. The summed E-state index contributed by atoms with van der Waals surface area (Å²) in [6.45, 7) is 6.53. The molecule has 0 spiro atoms. The van der Waals surface area contributed by atoms with Crippen LogP contribution in [-0.2, 0) is 5.41 Å². The van der Waals surface area contributed by atoms with Gasteiger partial charge < -0.3 is 5.21 Å². The van der Waals surface area contributed by atoms with E-state index in [1.807, 2.05) is 17.5 Å². The molecular weight excluding hydrogens is 334 g/mol. The van der Waals surface area contributed by atoms with Gasteiger partial charge in [-0.2, -0.15) is 4.73 Å². The highest BCUT2D eigenvalue weighted by Gasteiger charge is 2.14. The number of benzene rings is 1. The summed E-state index contributed by atoms with van der Waals surface area (Å²) in [6, 6.07) is 11.3. The van der Waals surface area contributed by atoms with Crippen molar-refractivity contribution in [3.8, 4) is 11.3 Å². The van der Waals surface area contributed by atoms with Gasteiger partial charge in [-0.05, 0) is 11.0 Å². The summed E-state index contributed by atoms with van der Waals surface area (Å²) in [5.41, 5.74) is 3.62. The Hall–Kier alpha value is -2.73. The normalized spacial score (nSPS) is 11.3. The number of anilines is 1. The largest absolute Gasteiger partial charge is 0.619 e. The van der Waals surface area contributed by atoms with E-state index in [9.17, 15) is 10.0 Å². The van der Waals surface area contributed by atoms with Crippen LogP contribution in [0, 0.1) is 5.21 Å². The SMILES string of the molecule is CC(C)(C)c1ccc(-c2csc(NC(=O)c3cc[n+]([O-])cc3)n2)cc1. The molecule has 0 bridgehead atoms. The molecule has 3 aromatic rings. The number of hydrogen-bond donors (Lipinski definition) is 1. The Morgan fingerprint density at radius 3 is 2.36 bits per heavy atom. The monoisotopic (exact) mass is 353 g/mol. The van der Waals surface area contributed by atoms with E-state index in [0.29, 0.717) is 15.4 Å². The molecule has 0 fully saturated rings. The molecule has 128 valence electrons. The van der Waals surface area contributed by atoms with Gasteiger partial charge in [0, 0.05) is 23.1 Å². The lowest BCUT2D eigenvalue weighted by atomic mass is 9.86. The van der Waals surface area contributed by atoms with Crippen molar-refractivity contribution in [3.05, 3.63) is 70.5 Å². The summed E-state index contributed by atoms with van der Waals surface area (Å²) in [5.74, 6) is -0.287. The molecule has 2 aromatic heterocycles. The number of nitrogens with one attached hydrogen (secondary N) is 1. The minimum Gasteiger partial charge on any atom is -0.619 e. The summed E-state index contributed by atoms with van der Waals surface area (Å²) in [5, 5.41) is 16.2. The number of hydrogen-bond acceptors (Lipinski definition) is 4. The molecule has 25 heavy (non-hydrogen) atoms. The molecule has 1 N–H and O–H groups in total. The lowest BCUT2D eigenvalue weighted by molar-refractivity contribution is -0.605. The molecule has 0 saturated heterocycles. The Morgan fingerprint density at radius 1 is 1.12 bits per heavy atom. The number of aromatic nitrogens is 2. The van der Waals surface area contributed by atoms with Crippen LogP contribution >= 0.6 is 11.3 Å². The first kappa shape index (κ1) is 17.1. The topological polar surface area (TPSA) is 68.9 Å². The maximum atomic E-state index is 12.2. The predicted octanol–water partition coefficient (Wildman–Crippen LogP) is 3.99. The van der Waals surface area contributed by atoms with Crippen molar-refractivity contribution in [3.63, 3.8) is 0 Å². The van der Waals surface area contributed by atoms with Crippen molar-refractivity contribution >= 4 is 22.4 Å². The number of carbonyl (C=O) groups excluding carboxylic acids is 1. The van der Waals surface area contributed by atoms with E-state index < -0.39 is 0 Å². The molecule has 2 heterocycles. The van der Waals surface area contributed by atoms with Crippen molar-refractivity contribution in [1.82, 2.24) is 4.98 Å². The van der Waals surface area contributed by atoms with Gasteiger partial charge in [-0.1, -0.05) is 45.0 Å². The fraction of sp³-hybridized carbons (Fsp3) is 0.211. The zero-order chi connectivity index (χ0) is 18.0. The van der Waals surface area contributed by atoms with Crippen molar-refractivity contribution in [1.29, 1.82) is 0 Å². The second kappa shape index (κ2) is 6.64. The number of amides is 1. The molecule has 3 rings (SSSR count). The minimum atomic E-state index is -0.287. The molecule has 0 aliphatic rings. The van der Waals surface area contributed by atoms with E-state index in [0.717, 1.165) is 11.3 Å². The fourth-order valence-corrected chi connectivity index (χ4v) is 3.05. The zero-order valence-corrected chi connectivity index (χ0v) is 15.1. The van der Waals surface area contributed by atoms with E-state index in [1.54, 1.807) is 0 Å². The van der Waals surface area contributed by atoms with Gasteiger partial charge >= 0.3 is 0 Å². The second-order valence-corrected chi connectivity index (χ2v) is 7.62. The lowest BCUT2D eigenvalue weighted by Crippen LogP contribution is -2.25. The standard InChI is InChI=1S/C19H19N3O2S/c1-19(2,3)15-6-4-13(5-7-15)16-12-25-18(20-16)21-17(23)14-8-10-22(24)11-9-14/h4-12H,1-3H3,(H,20,21,23). The minimum absolute atomic E-state index is 0.109. The van der Waals surface area contributed by atoms with Gasteiger partial charge in [-0.15, -0.1) is 11.3 Å². The molecule has 1 aromatic carbocycles. The molecule has 0 aliphatic heterocycles. The highest BCUT2D eigenvalue weighted by molar-refractivity contribution is 7.14. The van der Waals surface area contributed by atoms with Crippen LogP contribution in [0.3, 0.4) is 0 Å². The van der Waals surface area contributed by atoms with Crippen LogP contribution in [0.4, 0.5) is 5.13 Å². The third-order valence-electron chi connectivity index (χ3n) is 3.84. The van der Waals surface area contributed by atoms with Gasteiger partial charge in [0.1, 0.15) is 0 Å². The zero-order valence-electron chi connectivity index (χ0n) is 14.3. The van der Waals surface area contributed by atoms with Crippen LogP contribution in [-0.4, -0.2) is 10.9 Å². The highest BCUT2D eigenvalue weighted by atomic mass is 32.1. The molecule has 6 heteroatoms. The maximum absolute atomic E-state index is 12.2. The Morgan fingerprint density at radius 2 is 1.76 bits per heavy atom. The number of nitrogens with zero attached hydrogens (tertiary/aromatic N) is 2. The quantitative estimate of drug-likeness (QED) is 0.572. The number of pyridine rings is 1. The molecule has 0 radical (unpaired) electrons. The predicted molar refractivity (Wildman–Crippen MR) is 99.6 cm³/mol. The van der Waals surface area contributed by atoms with Crippen LogP contribution in [0.1, 0.15) is 36.7 Å². The van der Waals surface area contributed by atoms with E-state index in [-0.39, 0.29) is 11.3 Å². The number of rotatable bonds is 3. The van der Waals surface area contributed by atoms with Gasteiger partial charge in [0.15, 0.2) is 17.5 Å². The smallest absolute Gasteiger partial charge is 0.257 e. The highest BCUT2D eigenvalue weighted by Crippen LogP contribution is 2.28. The van der Waals surface area contributed by atoms with E-state index >= 15 is 0 Å². The number of thiazole rings is 1. The first-order valence-electron chi connectivity index (χ1n) is 7.89. The molecule has 0 unspecified atom stereocenters. The van der Waals surface area contributed by atoms with Gasteiger partial charge in [-0.25, -0.2) is 4.98 Å². The second-order valence-electron chi connectivity index (χ2n) is 6.77. The van der Waals surface area contributed by atoms with Gasteiger partial charge in [0.25, 0.3) is 5.91 Å². The molecule has 5 nitrogen and oxygen atoms in total. The van der Waals surface area contributed by atoms with Crippen LogP contribution < -0.4 is 10.0 Å². The van der Waals surface area contributed by atoms with Crippen molar-refractivity contribution < 1.29 is 9.52 Å². The number of carbonyl (C=O) groups is 1. The molecular formula is C19H19N3O2S. The van der Waals surface area contributed by atoms with Gasteiger partial charge in [-0.3, -0.25) is 10.1 Å². The van der Waals surface area contributed by atoms with E-state index in [1.165, 1.54) is 41.4 Å². The van der Waals surface area contributed by atoms with Gasteiger partial charge in [0.2, 0.25) is 0 Å². The molecule has 0 saturated carbocycles. The van der Waals surface area contributed by atoms with Crippen LogP contribution in [0.2, 0.25) is 0 Å². The Labute approximate surface area is 150 Å². The summed E-state index contributed by atoms with van der Waals surface area (Å²) in [4.78, 5) is 16.6. The van der Waals surface area contributed by atoms with E-state index in [2.05, 4.69) is 43.2 Å². The van der Waals surface area contributed by atoms with Gasteiger partial charge in [0.05, 0.1) is 11.3 Å². The summed E-state index contributed by atoms with van der Waals surface area (Å²) < 4.78 is 0.638. The molecule has 0 aliphatic carbocycles. The van der Waals surface area contributed by atoms with Crippen LogP contribution in [0.5, 0.6) is 0 Å². The third-order valence-corrected chi connectivity index (χ3v) is 4.59. The first-order valence-corrected chi connectivity index (χ1v) is 8.77. The fourth-order valence-electron chi connectivity index (χ4n) is 2.34. The lowest BCUT2D eigenvalue weighted by Gasteiger charge is -2.18. The Kier molecular flexibility index (Phi) is 4.55. The van der Waals surface area contributed by atoms with Crippen molar-refractivity contribution in [2.75, 3.05) is 5.32 Å². The molecule has 1 amide bonds. The van der Waals surface area contributed by atoms with Crippen LogP contribution in [0.25, 0.3) is 11.3 Å². The summed E-state index contributed by atoms with van der Waals surface area (Å²) in [7, 11) is 0. The molecule has 0 atom stereocenters. The first-order chi connectivity index (χ1) is 11.8. The third kappa shape index (κ3) is 4.03. The van der Waals surface area contributed by atoms with Crippen LogP contribution in [0.15, 0.2) is 54.2 Å². The van der Waals surface area contributed by atoms with E-state index in [4.69, 9.17) is 0 Å². The van der Waals surface area contributed by atoms with Crippen molar-refractivity contribution in [2.45, 2.75) is 26.2 Å². The van der Waals surface area contributed by atoms with Crippen molar-refractivity contribution in [2.24, 2.45) is 0 Å². The Balaban J connectivity index is 1.74.